The molecule has 0 N–H and O–H groups in total. The summed E-state index contributed by atoms with van der Waals surface area (Å²) in [6.07, 6.45) is 8.78. The molecule has 1 aliphatic carbocycles. The zero-order valence-corrected chi connectivity index (χ0v) is 10.9. The van der Waals surface area contributed by atoms with Crippen LogP contribution in [-0.2, 0) is 0 Å². The van der Waals surface area contributed by atoms with E-state index in [4.69, 9.17) is 0 Å². The first-order valence-electron chi connectivity index (χ1n) is 6.71. The number of hydrogen-bond acceptors (Lipinski definition) is 1. The summed E-state index contributed by atoms with van der Waals surface area (Å²) in [4.78, 5) is 2.34. The van der Waals surface area contributed by atoms with E-state index in [2.05, 4.69) is 83.8 Å². The lowest BCUT2D eigenvalue weighted by Gasteiger charge is -2.28. The Morgan fingerprint density at radius 3 is 1.79 bits per heavy atom. The van der Waals surface area contributed by atoms with Gasteiger partial charge in [-0.3, -0.25) is 0 Å². The summed E-state index contributed by atoms with van der Waals surface area (Å²) in [5, 5.41) is 0. The van der Waals surface area contributed by atoms with Gasteiger partial charge in [-0.1, -0.05) is 48.6 Å². The maximum atomic E-state index is 2.34. The van der Waals surface area contributed by atoms with Gasteiger partial charge in [-0.2, -0.15) is 0 Å². The monoisotopic (exact) mass is 247 g/mol. The Kier molecular flexibility index (Phi) is 3.46. The van der Waals surface area contributed by atoms with Crippen LogP contribution in [0.5, 0.6) is 0 Å². The molecule has 0 aromatic heterocycles. The van der Waals surface area contributed by atoms with Crippen LogP contribution in [0.25, 0.3) is 0 Å². The van der Waals surface area contributed by atoms with Crippen molar-refractivity contribution < 1.29 is 0 Å². The number of hydrogen-bond donors (Lipinski definition) is 0. The van der Waals surface area contributed by atoms with Gasteiger partial charge in [0.1, 0.15) is 0 Å². The first kappa shape index (κ1) is 11.8. The Balaban J connectivity index is 2.06. The topological polar surface area (TPSA) is 3.24 Å². The van der Waals surface area contributed by atoms with Gasteiger partial charge in [0.2, 0.25) is 0 Å². The van der Waals surface area contributed by atoms with Crippen LogP contribution in [0, 0.1) is 0 Å². The third-order valence-electron chi connectivity index (χ3n) is 3.31. The predicted molar refractivity (Wildman–Crippen MR) is 81.5 cm³/mol. The Labute approximate surface area is 114 Å². The van der Waals surface area contributed by atoms with E-state index in [1.165, 1.54) is 17.1 Å². The van der Waals surface area contributed by atoms with Crippen molar-refractivity contribution >= 4 is 11.4 Å². The highest BCUT2D eigenvalue weighted by molar-refractivity contribution is 5.68. The molecule has 2 aromatic rings. The second-order valence-electron chi connectivity index (χ2n) is 4.63. The summed E-state index contributed by atoms with van der Waals surface area (Å²) < 4.78 is 0. The normalized spacial score (nSPS) is 14.0. The molecule has 0 spiro atoms. The van der Waals surface area contributed by atoms with Gasteiger partial charge in [0.15, 0.2) is 0 Å². The molecule has 0 aliphatic heterocycles. The van der Waals surface area contributed by atoms with Crippen molar-refractivity contribution in [2.24, 2.45) is 0 Å². The van der Waals surface area contributed by atoms with Crippen LogP contribution >= 0.6 is 0 Å². The van der Waals surface area contributed by atoms with Crippen molar-refractivity contribution in [3.8, 4) is 0 Å². The molecule has 1 aliphatic rings. The average Bonchev–Trinajstić information content (AvgIpc) is 2.51. The van der Waals surface area contributed by atoms with Gasteiger partial charge in [0.05, 0.1) is 0 Å². The van der Waals surface area contributed by atoms with Gasteiger partial charge in [-0.05, 0) is 43.2 Å². The van der Waals surface area contributed by atoms with Crippen LogP contribution in [0.1, 0.15) is 12.8 Å². The molecule has 0 heterocycles. The van der Waals surface area contributed by atoms with Crippen molar-refractivity contribution in [2.75, 3.05) is 4.90 Å². The summed E-state index contributed by atoms with van der Waals surface area (Å²) in [5.41, 5.74) is 3.78. The van der Waals surface area contributed by atoms with E-state index in [1.807, 2.05) is 0 Å². The molecule has 19 heavy (non-hydrogen) atoms. The molecular weight excluding hydrogens is 230 g/mol. The minimum absolute atomic E-state index is 1.08. The number of benzene rings is 2. The molecule has 3 rings (SSSR count). The summed E-state index contributed by atoms with van der Waals surface area (Å²) in [5.74, 6) is 0. The average molecular weight is 247 g/mol. The Morgan fingerprint density at radius 1 is 0.737 bits per heavy atom. The van der Waals surface area contributed by atoms with Gasteiger partial charge < -0.3 is 4.90 Å². The van der Waals surface area contributed by atoms with Crippen LogP contribution in [0.15, 0.2) is 84.6 Å². The fraction of sp³-hybridized carbons (Fsp3) is 0.111. The number of anilines is 2. The van der Waals surface area contributed by atoms with E-state index in [1.54, 1.807) is 0 Å². The van der Waals surface area contributed by atoms with Crippen molar-refractivity contribution in [3.05, 3.63) is 84.6 Å². The van der Waals surface area contributed by atoms with E-state index >= 15 is 0 Å². The standard InChI is InChI=1S/C18H17N/c1-4-10-16(11-5-1)19(17-12-6-2-7-13-17)18-14-8-3-9-15-18/h1-8,10-14H,9,15H2. The van der Waals surface area contributed by atoms with Gasteiger partial charge in [-0.25, -0.2) is 0 Å². The SMILES string of the molecule is C1=CCCC(N(c2ccccc2)c2ccccc2)=C1. The number of rotatable bonds is 3. The lowest BCUT2D eigenvalue weighted by molar-refractivity contribution is 0.917. The largest absolute Gasteiger partial charge is 0.314 e. The van der Waals surface area contributed by atoms with E-state index in [-0.39, 0.29) is 0 Å². The minimum Gasteiger partial charge on any atom is -0.314 e. The highest BCUT2D eigenvalue weighted by atomic mass is 15.1. The fourth-order valence-electron chi connectivity index (χ4n) is 2.41. The molecule has 1 heteroatoms. The number of para-hydroxylation sites is 2. The van der Waals surface area contributed by atoms with Crippen LogP contribution in [0.4, 0.5) is 11.4 Å². The summed E-state index contributed by atoms with van der Waals surface area (Å²) >= 11 is 0. The molecule has 0 atom stereocenters. The Hall–Kier alpha value is -2.28. The summed E-state index contributed by atoms with van der Waals surface area (Å²) in [6, 6.07) is 21.1. The maximum absolute atomic E-state index is 2.34. The molecule has 2 aromatic carbocycles. The van der Waals surface area contributed by atoms with Crippen molar-refractivity contribution in [1.29, 1.82) is 0 Å². The zero-order chi connectivity index (χ0) is 12.9. The quantitative estimate of drug-likeness (QED) is 0.733. The molecule has 0 radical (unpaired) electrons. The van der Waals surface area contributed by atoms with Crippen molar-refractivity contribution in [2.45, 2.75) is 12.8 Å². The molecule has 1 nitrogen and oxygen atoms in total. The minimum atomic E-state index is 1.08. The third-order valence-corrected chi connectivity index (χ3v) is 3.31. The molecule has 0 amide bonds. The lowest BCUT2D eigenvalue weighted by atomic mass is 10.1. The van der Waals surface area contributed by atoms with Gasteiger partial charge in [0, 0.05) is 17.1 Å². The van der Waals surface area contributed by atoms with Gasteiger partial charge in [-0.15, -0.1) is 0 Å². The van der Waals surface area contributed by atoms with Crippen molar-refractivity contribution in [3.63, 3.8) is 0 Å². The van der Waals surface area contributed by atoms with Crippen molar-refractivity contribution in [1.82, 2.24) is 0 Å². The smallest absolute Gasteiger partial charge is 0.0458 e. The van der Waals surface area contributed by atoms with Crippen LogP contribution in [0.2, 0.25) is 0 Å². The van der Waals surface area contributed by atoms with Gasteiger partial charge >= 0.3 is 0 Å². The second kappa shape index (κ2) is 5.57. The lowest BCUT2D eigenvalue weighted by Crippen LogP contribution is -2.17. The van der Waals surface area contributed by atoms with E-state index in [0.29, 0.717) is 0 Å². The summed E-state index contributed by atoms with van der Waals surface area (Å²) in [7, 11) is 0. The third kappa shape index (κ3) is 2.60. The molecular formula is C18H17N. The van der Waals surface area contributed by atoms with Crippen LogP contribution in [-0.4, -0.2) is 0 Å². The fourth-order valence-corrected chi connectivity index (χ4v) is 2.41. The second-order valence-corrected chi connectivity index (χ2v) is 4.63. The number of nitrogens with zero attached hydrogens (tertiary/aromatic N) is 1. The Bertz CT molecular complexity index is 542. The highest BCUT2D eigenvalue weighted by Crippen LogP contribution is 2.32. The summed E-state index contributed by atoms with van der Waals surface area (Å²) in [6.45, 7) is 0. The van der Waals surface area contributed by atoms with E-state index in [9.17, 15) is 0 Å². The van der Waals surface area contributed by atoms with E-state index in [0.717, 1.165) is 12.8 Å². The predicted octanol–water partition coefficient (Wildman–Crippen LogP) is 5.06. The van der Waals surface area contributed by atoms with Crippen LogP contribution in [0.3, 0.4) is 0 Å². The molecule has 94 valence electrons. The van der Waals surface area contributed by atoms with E-state index < -0.39 is 0 Å². The number of allylic oxidation sites excluding steroid dienone is 4. The maximum Gasteiger partial charge on any atom is 0.0458 e. The first-order chi connectivity index (χ1) is 9.45. The van der Waals surface area contributed by atoms with Crippen LogP contribution < -0.4 is 4.90 Å². The molecule has 0 unspecified atom stereocenters. The van der Waals surface area contributed by atoms with Gasteiger partial charge in [0.25, 0.3) is 0 Å². The highest BCUT2D eigenvalue weighted by Gasteiger charge is 2.14. The molecule has 0 fully saturated rings. The molecule has 0 saturated heterocycles. The zero-order valence-electron chi connectivity index (χ0n) is 10.9. The first-order valence-corrected chi connectivity index (χ1v) is 6.71. The molecule has 0 saturated carbocycles. The molecule has 0 bridgehead atoms. The Morgan fingerprint density at radius 2 is 1.32 bits per heavy atom.